The summed E-state index contributed by atoms with van der Waals surface area (Å²) in [6, 6.07) is 16.2. The van der Waals surface area contributed by atoms with Crippen molar-refractivity contribution in [1.82, 2.24) is 0 Å². The van der Waals surface area contributed by atoms with Crippen molar-refractivity contribution >= 4 is 6.08 Å². The molecule has 1 aliphatic carbocycles. The Labute approximate surface area is 175 Å². The van der Waals surface area contributed by atoms with E-state index < -0.39 is 6.08 Å². The first-order valence-corrected chi connectivity index (χ1v) is 11.4. The number of halogens is 2. The normalized spacial score (nSPS) is 19.1. The second-order valence-electron chi connectivity index (χ2n) is 8.60. The summed E-state index contributed by atoms with van der Waals surface area (Å²) in [7, 11) is 0. The van der Waals surface area contributed by atoms with Crippen LogP contribution in [0.2, 0.25) is 0 Å². The van der Waals surface area contributed by atoms with Crippen molar-refractivity contribution in [3.05, 3.63) is 65.7 Å². The van der Waals surface area contributed by atoms with E-state index in [9.17, 15) is 8.78 Å². The number of benzene rings is 2. The molecule has 2 aromatic rings. The molecule has 0 atom stereocenters. The number of hydrogen-bond acceptors (Lipinski definition) is 0. The van der Waals surface area contributed by atoms with Crippen LogP contribution in [0.3, 0.4) is 0 Å². The SMILES string of the molecule is CCCCCCC[C@H]1CC[C@H](c2ccc(-c3ccc(C=C(F)F)cc3)cc2)CC1. The Morgan fingerprint density at radius 1 is 0.793 bits per heavy atom. The Balaban J connectivity index is 1.49. The summed E-state index contributed by atoms with van der Waals surface area (Å²) >= 11 is 0. The minimum atomic E-state index is -1.66. The molecule has 156 valence electrons. The predicted molar refractivity (Wildman–Crippen MR) is 120 cm³/mol. The van der Waals surface area contributed by atoms with Gasteiger partial charge in [0.05, 0.1) is 0 Å². The molecule has 0 unspecified atom stereocenters. The largest absolute Gasteiger partial charge is 0.270 e. The van der Waals surface area contributed by atoms with Crippen LogP contribution < -0.4 is 0 Å². The molecule has 1 saturated carbocycles. The van der Waals surface area contributed by atoms with E-state index in [1.165, 1.54) is 69.8 Å². The molecule has 2 aromatic carbocycles. The molecule has 1 aliphatic rings. The summed E-state index contributed by atoms with van der Waals surface area (Å²) in [6.45, 7) is 2.28. The second-order valence-corrected chi connectivity index (χ2v) is 8.60. The summed E-state index contributed by atoms with van der Waals surface area (Å²) in [4.78, 5) is 0. The van der Waals surface area contributed by atoms with Crippen LogP contribution in [0.1, 0.15) is 88.2 Å². The fourth-order valence-corrected chi connectivity index (χ4v) is 4.67. The summed E-state index contributed by atoms with van der Waals surface area (Å²) in [5.74, 6) is 1.63. The maximum absolute atomic E-state index is 12.4. The Morgan fingerprint density at radius 3 is 1.97 bits per heavy atom. The third kappa shape index (κ3) is 6.80. The van der Waals surface area contributed by atoms with Crippen LogP contribution in [0.15, 0.2) is 54.6 Å². The van der Waals surface area contributed by atoms with Crippen molar-refractivity contribution < 1.29 is 8.78 Å². The lowest BCUT2D eigenvalue weighted by Gasteiger charge is -2.29. The third-order valence-electron chi connectivity index (χ3n) is 6.46. The molecule has 1 fully saturated rings. The van der Waals surface area contributed by atoms with E-state index in [4.69, 9.17) is 0 Å². The van der Waals surface area contributed by atoms with Crippen LogP contribution in [0.5, 0.6) is 0 Å². The molecule has 0 amide bonds. The molecule has 0 aromatic heterocycles. The highest BCUT2D eigenvalue weighted by molar-refractivity contribution is 5.66. The van der Waals surface area contributed by atoms with Crippen LogP contribution in [0, 0.1) is 5.92 Å². The van der Waals surface area contributed by atoms with Gasteiger partial charge in [-0.15, -0.1) is 0 Å². The zero-order chi connectivity index (χ0) is 20.5. The van der Waals surface area contributed by atoms with E-state index in [1.54, 1.807) is 12.1 Å². The molecule has 0 nitrogen and oxygen atoms in total. The van der Waals surface area contributed by atoms with E-state index in [2.05, 4.69) is 31.2 Å². The lowest BCUT2D eigenvalue weighted by atomic mass is 9.77. The lowest BCUT2D eigenvalue weighted by molar-refractivity contribution is 0.302. The third-order valence-corrected chi connectivity index (χ3v) is 6.46. The van der Waals surface area contributed by atoms with Crippen LogP contribution in [-0.2, 0) is 0 Å². The molecule has 0 bridgehead atoms. The molecular weight excluding hydrogens is 362 g/mol. The van der Waals surface area contributed by atoms with Gasteiger partial charge in [-0.2, -0.15) is 8.78 Å². The Kier molecular flexibility index (Phi) is 8.46. The summed E-state index contributed by atoms with van der Waals surface area (Å²) in [5.41, 5.74) is 4.20. The van der Waals surface area contributed by atoms with Gasteiger partial charge in [0.2, 0.25) is 0 Å². The van der Waals surface area contributed by atoms with Crippen molar-refractivity contribution in [2.75, 3.05) is 0 Å². The van der Waals surface area contributed by atoms with Crippen LogP contribution >= 0.6 is 0 Å². The number of unbranched alkanes of at least 4 members (excludes halogenated alkanes) is 4. The van der Waals surface area contributed by atoms with Crippen LogP contribution in [0.25, 0.3) is 17.2 Å². The zero-order valence-electron chi connectivity index (χ0n) is 17.7. The number of hydrogen-bond donors (Lipinski definition) is 0. The first kappa shape index (κ1) is 21.7. The minimum Gasteiger partial charge on any atom is -0.173 e. The molecule has 2 heteroatoms. The van der Waals surface area contributed by atoms with Gasteiger partial charge in [-0.25, -0.2) is 0 Å². The molecule has 0 saturated heterocycles. The molecular formula is C27H34F2. The summed E-state index contributed by atoms with van der Waals surface area (Å²) in [5, 5.41) is 0. The maximum atomic E-state index is 12.4. The average Bonchev–Trinajstić information content (AvgIpc) is 2.74. The molecule has 0 N–H and O–H groups in total. The van der Waals surface area contributed by atoms with Gasteiger partial charge in [-0.3, -0.25) is 0 Å². The molecule has 0 radical (unpaired) electrons. The van der Waals surface area contributed by atoms with Crippen molar-refractivity contribution in [2.24, 2.45) is 5.92 Å². The van der Waals surface area contributed by atoms with Crippen molar-refractivity contribution in [3.63, 3.8) is 0 Å². The standard InChI is InChI=1S/C27H34F2/c1-2-3-4-5-6-7-21-8-12-23(13-9-21)25-16-18-26(19-17-25)24-14-10-22(11-15-24)20-27(28)29/h10-11,14-21,23H,2-9,12-13H2,1H3/t21-,23-. The summed E-state index contributed by atoms with van der Waals surface area (Å²) in [6.07, 6.45) is 13.0. The topological polar surface area (TPSA) is 0 Å². The van der Waals surface area contributed by atoms with E-state index in [1.807, 2.05) is 12.1 Å². The van der Waals surface area contributed by atoms with Gasteiger partial charge in [0.1, 0.15) is 0 Å². The van der Waals surface area contributed by atoms with E-state index in [0.29, 0.717) is 11.5 Å². The van der Waals surface area contributed by atoms with Gasteiger partial charge < -0.3 is 0 Å². The van der Waals surface area contributed by atoms with Gasteiger partial charge in [0, 0.05) is 6.08 Å². The van der Waals surface area contributed by atoms with Crippen LogP contribution in [-0.4, -0.2) is 0 Å². The predicted octanol–water partition coefficient (Wildman–Crippen LogP) is 9.23. The maximum Gasteiger partial charge on any atom is 0.270 e. The van der Waals surface area contributed by atoms with Crippen molar-refractivity contribution in [3.8, 4) is 11.1 Å². The number of rotatable bonds is 9. The second kappa shape index (κ2) is 11.3. The molecule has 3 rings (SSSR count). The van der Waals surface area contributed by atoms with E-state index in [0.717, 1.165) is 23.1 Å². The Morgan fingerprint density at radius 2 is 1.38 bits per heavy atom. The molecule has 0 aliphatic heterocycles. The molecule has 0 spiro atoms. The fraction of sp³-hybridized carbons (Fsp3) is 0.481. The first-order chi connectivity index (χ1) is 14.2. The van der Waals surface area contributed by atoms with Gasteiger partial charge in [-0.05, 0) is 59.8 Å². The van der Waals surface area contributed by atoms with E-state index >= 15 is 0 Å². The highest BCUT2D eigenvalue weighted by atomic mass is 19.3. The highest BCUT2D eigenvalue weighted by Gasteiger charge is 2.22. The molecule has 29 heavy (non-hydrogen) atoms. The van der Waals surface area contributed by atoms with Gasteiger partial charge >= 0.3 is 0 Å². The Hall–Kier alpha value is -1.96. The lowest BCUT2D eigenvalue weighted by Crippen LogP contribution is -2.13. The zero-order valence-corrected chi connectivity index (χ0v) is 17.7. The monoisotopic (exact) mass is 396 g/mol. The Bertz CT molecular complexity index is 746. The van der Waals surface area contributed by atoms with Gasteiger partial charge in [0.25, 0.3) is 6.08 Å². The average molecular weight is 397 g/mol. The van der Waals surface area contributed by atoms with Gasteiger partial charge in [-0.1, -0.05) is 94.0 Å². The first-order valence-electron chi connectivity index (χ1n) is 11.4. The molecule has 0 heterocycles. The summed E-state index contributed by atoms with van der Waals surface area (Å²) < 4.78 is 24.7. The quantitative estimate of drug-likeness (QED) is 0.370. The van der Waals surface area contributed by atoms with Crippen molar-refractivity contribution in [1.29, 1.82) is 0 Å². The fourth-order valence-electron chi connectivity index (χ4n) is 4.67. The smallest absolute Gasteiger partial charge is 0.173 e. The highest BCUT2D eigenvalue weighted by Crippen LogP contribution is 2.38. The van der Waals surface area contributed by atoms with Gasteiger partial charge in [0.15, 0.2) is 0 Å². The van der Waals surface area contributed by atoms with Crippen molar-refractivity contribution in [2.45, 2.75) is 77.0 Å². The minimum absolute atomic E-state index is 0.535. The van der Waals surface area contributed by atoms with Crippen LogP contribution in [0.4, 0.5) is 8.78 Å². The van der Waals surface area contributed by atoms with E-state index in [-0.39, 0.29) is 0 Å².